The van der Waals surface area contributed by atoms with E-state index >= 15 is 0 Å². The maximum Gasteiger partial charge on any atom is 0.335 e. The van der Waals surface area contributed by atoms with Crippen LogP contribution in [0.4, 0.5) is 5.69 Å². The fourth-order valence-corrected chi connectivity index (χ4v) is 4.20. The minimum absolute atomic E-state index is 0.0515. The lowest BCUT2D eigenvalue weighted by molar-refractivity contribution is 0.0696. The highest BCUT2D eigenvalue weighted by atomic mass is 32.2. The predicted octanol–water partition coefficient (Wildman–Crippen LogP) is 4.37. The smallest absolute Gasteiger partial charge is 0.335 e. The Morgan fingerprint density at radius 3 is 2.52 bits per heavy atom. The zero-order valence-electron chi connectivity index (χ0n) is 16.0. The van der Waals surface area contributed by atoms with Gasteiger partial charge in [-0.15, -0.1) is 0 Å². The van der Waals surface area contributed by atoms with Gasteiger partial charge in [-0.25, -0.2) is 13.2 Å². The van der Waals surface area contributed by atoms with Crippen molar-refractivity contribution in [3.8, 4) is 0 Å². The van der Waals surface area contributed by atoms with Crippen molar-refractivity contribution in [2.45, 2.75) is 18.7 Å². The molecule has 2 aromatic carbocycles. The molecular formula is C22H20N2O4S. The van der Waals surface area contributed by atoms with Gasteiger partial charge in [-0.1, -0.05) is 24.3 Å². The molecule has 0 aliphatic rings. The van der Waals surface area contributed by atoms with Gasteiger partial charge in [-0.05, 0) is 73.0 Å². The summed E-state index contributed by atoms with van der Waals surface area (Å²) in [6, 6.07) is 15.1. The number of benzene rings is 2. The van der Waals surface area contributed by atoms with Gasteiger partial charge in [0.25, 0.3) is 10.0 Å². The Kier molecular flexibility index (Phi) is 5.79. The maximum atomic E-state index is 12.9. The van der Waals surface area contributed by atoms with E-state index in [0.717, 1.165) is 11.3 Å². The number of nitrogens with zero attached hydrogens (tertiary/aromatic N) is 1. The van der Waals surface area contributed by atoms with Crippen LogP contribution in [0, 0.1) is 13.8 Å². The van der Waals surface area contributed by atoms with Crippen LogP contribution in [0.1, 0.15) is 32.7 Å². The van der Waals surface area contributed by atoms with Gasteiger partial charge in [0, 0.05) is 11.9 Å². The first-order chi connectivity index (χ1) is 13.8. The van der Waals surface area contributed by atoms with Crippen LogP contribution < -0.4 is 4.72 Å². The number of aromatic carboxylic acids is 1. The average molecular weight is 408 g/mol. The number of aromatic nitrogens is 1. The first-order valence-corrected chi connectivity index (χ1v) is 10.3. The van der Waals surface area contributed by atoms with Gasteiger partial charge in [0.2, 0.25) is 0 Å². The Morgan fingerprint density at radius 2 is 1.83 bits per heavy atom. The van der Waals surface area contributed by atoms with Crippen LogP contribution in [-0.2, 0) is 10.0 Å². The van der Waals surface area contributed by atoms with Gasteiger partial charge in [0.05, 0.1) is 16.2 Å². The molecule has 29 heavy (non-hydrogen) atoms. The van der Waals surface area contributed by atoms with Crippen LogP contribution in [0.15, 0.2) is 65.7 Å². The van der Waals surface area contributed by atoms with Gasteiger partial charge >= 0.3 is 5.97 Å². The van der Waals surface area contributed by atoms with Gasteiger partial charge in [0.1, 0.15) is 0 Å². The summed E-state index contributed by atoms with van der Waals surface area (Å²) in [5, 5.41) is 9.24. The molecule has 0 bridgehead atoms. The Labute approximate surface area is 169 Å². The summed E-state index contributed by atoms with van der Waals surface area (Å²) in [6.45, 7) is 3.34. The van der Waals surface area contributed by atoms with E-state index < -0.39 is 16.0 Å². The molecule has 0 aliphatic heterocycles. The zero-order chi connectivity index (χ0) is 21.0. The third-order valence-corrected chi connectivity index (χ3v) is 5.94. The molecule has 2 N–H and O–H groups in total. The summed E-state index contributed by atoms with van der Waals surface area (Å²) in [4.78, 5) is 15.5. The number of pyridine rings is 1. The molecule has 6 nitrogen and oxygen atoms in total. The fraction of sp³-hybridized carbons (Fsp3) is 0.0909. The Hall–Kier alpha value is -3.45. The van der Waals surface area contributed by atoms with Crippen LogP contribution in [0.5, 0.6) is 0 Å². The first-order valence-electron chi connectivity index (χ1n) is 8.83. The van der Waals surface area contributed by atoms with E-state index in [-0.39, 0.29) is 10.5 Å². The number of aryl methyl sites for hydroxylation is 1. The molecule has 148 valence electrons. The minimum atomic E-state index is -3.96. The molecule has 7 heteroatoms. The molecule has 0 aliphatic carbocycles. The summed E-state index contributed by atoms with van der Waals surface area (Å²) in [5.74, 6) is -1.17. The van der Waals surface area contributed by atoms with Crippen molar-refractivity contribution < 1.29 is 18.3 Å². The number of carboxylic acid groups (broad SMARTS) is 1. The van der Waals surface area contributed by atoms with Crippen molar-refractivity contribution >= 4 is 33.8 Å². The molecule has 1 aromatic heterocycles. The lowest BCUT2D eigenvalue weighted by Crippen LogP contribution is -2.16. The topological polar surface area (TPSA) is 96.4 Å². The standard InChI is InChI=1S/C22H20N2O4S/c1-15-12-18(22(25)26)14-21(16(15)2)29(27,28)24-20-8-5-6-17(13-20)9-10-19-7-3-4-11-23-19/h3-14,24H,1-2H3,(H,25,26)/b10-9+. The Bertz CT molecular complexity index is 1190. The van der Waals surface area contributed by atoms with Crippen molar-refractivity contribution in [1.82, 2.24) is 4.98 Å². The molecule has 3 aromatic rings. The quantitative estimate of drug-likeness (QED) is 0.631. The molecule has 0 spiro atoms. The van der Waals surface area contributed by atoms with E-state index in [0.29, 0.717) is 16.8 Å². The summed E-state index contributed by atoms with van der Waals surface area (Å²) >= 11 is 0. The van der Waals surface area contributed by atoms with Crippen LogP contribution in [0.2, 0.25) is 0 Å². The summed E-state index contributed by atoms with van der Waals surface area (Å²) in [6.07, 6.45) is 5.36. The Morgan fingerprint density at radius 1 is 1.03 bits per heavy atom. The van der Waals surface area contributed by atoms with Crippen molar-refractivity contribution in [2.75, 3.05) is 4.72 Å². The maximum absolute atomic E-state index is 12.9. The molecular weight excluding hydrogens is 388 g/mol. The molecule has 0 unspecified atom stereocenters. The van der Waals surface area contributed by atoms with Gasteiger partial charge in [-0.2, -0.15) is 0 Å². The van der Waals surface area contributed by atoms with Crippen LogP contribution in [-0.4, -0.2) is 24.5 Å². The second-order valence-electron chi connectivity index (χ2n) is 6.54. The summed E-state index contributed by atoms with van der Waals surface area (Å²) in [5.41, 5.74) is 3.00. The number of rotatable bonds is 6. The van der Waals surface area contributed by atoms with Crippen LogP contribution >= 0.6 is 0 Å². The second-order valence-corrected chi connectivity index (χ2v) is 8.19. The monoisotopic (exact) mass is 408 g/mol. The predicted molar refractivity (Wildman–Crippen MR) is 113 cm³/mol. The molecule has 0 fully saturated rings. The van der Waals surface area contributed by atoms with Crippen molar-refractivity contribution in [1.29, 1.82) is 0 Å². The molecule has 0 radical (unpaired) electrons. The molecule has 0 saturated carbocycles. The second kappa shape index (κ2) is 8.28. The number of sulfonamides is 1. The van der Waals surface area contributed by atoms with Crippen molar-refractivity contribution in [2.24, 2.45) is 0 Å². The zero-order valence-corrected chi connectivity index (χ0v) is 16.8. The van der Waals surface area contributed by atoms with E-state index in [1.807, 2.05) is 36.4 Å². The van der Waals surface area contributed by atoms with E-state index in [4.69, 9.17) is 0 Å². The molecule has 0 atom stereocenters. The lowest BCUT2D eigenvalue weighted by atomic mass is 10.1. The largest absolute Gasteiger partial charge is 0.478 e. The summed E-state index contributed by atoms with van der Waals surface area (Å²) in [7, 11) is -3.96. The first kappa shape index (κ1) is 20.3. The fourth-order valence-electron chi connectivity index (χ4n) is 2.80. The highest BCUT2D eigenvalue weighted by Gasteiger charge is 2.21. The third-order valence-electron chi connectivity index (χ3n) is 4.43. The van der Waals surface area contributed by atoms with E-state index in [9.17, 15) is 18.3 Å². The molecule has 0 amide bonds. The van der Waals surface area contributed by atoms with Crippen LogP contribution in [0.25, 0.3) is 12.2 Å². The van der Waals surface area contributed by atoms with Gasteiger partial charge in [0.15, 0.2) is 0 Å². The highest BCUT2D eigenvalue weighted by Crippen LogP contribution is 2.24. The van der Waals surface area contributed by atoms with Crippen molar-refractivity contribution in [3.05, 3.63) is 88.7 Å². The number of nitrogens with one attached hydrogen (secondary N) is 1. The number of carboxylic acids is 1. The van der Waals surface area contributed by atoms with Crippen LogP contribution in [0.3, 0.4) is 0 Å². The van der Waals surface area contributed by atoms with Gasteiger partial charge in [-0.3, -0.25) is 9.71 Å². The molecule has 1 heterocycles. The highest BCUT2D eigenvalue weighted by molar-refractivity contribution is 7.92. The number of hydrogen-bond donors (Lipinski definition) is 2. The van der Waals surface area contributed by atoms with E-state index in [1.165, 1.54) is 12.1 Å². The number of hydrogen-bond acceptors (Lipinski definition) is 4. The van der Waals surface area contributed by atoms with Gasteiger partial charge < -0.3 is 5.11 Å². The summed E-state index contributed by atoms with van der Waals surface area (Å²) < 4.78 is 28.4. The Balaban J connectivity index is 1.90. The normalized spacial score (nSPS) is 11.5. The SMILES string of the molecule is Cc1cc(C(=O)O)cc(S(=O)(=O)Nc2cccc(/C=C/c3ccccn3)c2)c1C. The lowest BCUT2D eigenvalue weighted by Gasteiger charge is -2.13. The minimum Gasteiger partial charge on any atom is -0.478 e. The third kappa shape index (κ3) is 4.89. The van der Waals surface area contributed by atoms with E-state index in [1.54, 1.807) is 38.2 Å². The molecule has 0 saturated heterocycles. The number of carbonyl (C=O) groups is 1. The average Bonchev–Trinajstić information content (AvgIpc) is 2.69. The number of anilines is 1. The van der Waals surface area contributed by atoms with Crippen molar-refractivity contribution in [3.63, 3.8) is 0 Å². The van der Waals surface area contributed by atoms with E-state index in [2.05, 4.69) is 9.71 Å². The molecule has 3 rings (SSSR count).